The number of pyridine rings is 1. The van der Waals surface area contributed by atoms with Crippen molar-refractivity contribution in [3.8, 4) is 0 Å². The normalized spacial score (nSPS) is 12.0. The van der Waals surface area contributed by atoms with Gasteiger partial charge in [-0.05, 0) is 48.0 Å². The van der Waals surface area contributed by atoms with Gasteiger partial charge in [-0.1, -0.05) is 32.9 Å². The molecule has 2 aromatic rings. The molecule has 0 saturated carbocycles. The lowest BCUT2D eigenvalue weighted by Crippen LogP contribution is -2.12. The third-order valence-corrected chi connectivity index (χ3v) is 3.30. The van der Waals surface area contributed by atoms with Crippen molar-refractivity contribution in [1.82, 2.24) is 10.3 Å². The molecule has 1 aromatic heterocycles. The van der Waals surface area contributed by atoms with Crippen LogP contribution in [0.25, 0.3) is 10.8 Å². The van der Waals surface area contributed by atoms with Gasteiger partial charge in [0.2, 0.25) is 0 Å². The molecule has 2 heteroatoms. The van der Waals surface area contributed by atoms with Crippen LogP contribution in [0.2, 0.25) is 0 Å². The second kappa shape index (κ2) is 5.07. The van der Waals surface area contributed by atoms with Gasteiger partial charge in [0.05, 0.1) is 0 Å². The molecule has 96 valence electrons. The van der Waals surface area contributed by atoms with Crippen LogP contribution in [0.1, 0.15) is 31.9 Å². The summed E-state index contributed by atoms with van der Waals surface area (Å²) < 4.78 is 0. The van der Waals surface area contributed by atoms with Gasteiger partial charge in [-0.3, -0.25) is 4.98 Å². The van der Waals surface area contributed by atoms with Crippen LogP contribution in [-0.2, 0) is 11.8 Å². The van der Waals surface area contributed by atoms with Crippen LogP contribution >= 0.6 is 0 Å². The van der Waals surface area contributed by atoms with Gasteiger partial charge in [-0.15, -0.1) is 0 Å². The topological polar surface area (TPSA) is 24.9 Å². The second-order valence-corrected chi connectivity index (χ2v) is 5.85. The zero-order valence-corrected chi connectivity index (χ0v) is 11.7. The molecule has 0 amide bonds. The molecule has 0 unspecified atom stereocenters. The number of fused-ring (bicyclic) bond motifs is 1. The fourth-order valence-electron chi connectivity index (χ4n) is 2.25. The molecule has 2 nitrogen and oxygen atoms in total. The summed E-state index contributed by atoms with van der Waals surface area (Å²) in [6, 6.07) is 6.73. The molecule has 1 heterocycles. The molecule has 0 aliphatic heterocycles. The van der Waals surface area contributed by atoms with Crippen molar-refractivity contribution in [2.24, 2.45) is 0 Å². The van der Waals surface area contributed by atoms with Crippen molar-refractivity contribution in [3.05, 3.63) is 41.7 Å². The Morgan fingerprint density at radius 3 is 2.61 bits per heavy atom. The molecule has 0 aliphatic carbocycles. The van der Waals surface area contributed by atoms with E-state index in [0.29, 0.717) is 0 Å². The molecule has 2 rings (SSSR count). The van der Waals surface area contributed by atoms with Gasteiger partial charge in [0, 0.05) is 17.8 Å². The summed E-state index contributed by atoms with van der Waals surface area (Å²) in [5.74, 6) is 0. The van der Waals surface area contributed by atoms with Gasteiger partial charge in [0.1, 0.15) is 0 Å². The van der Waals surface area contributed by atoms with E-state index in [1.165, 1.54) is 21.9 Å². The predicted octanol–water partition coefficient (Wildman–Crippen LogP) is 3.29. The molecule has 1 aromatic carbocycles. The summed E-state index contributed by atoms with van der Waals surface area (Å²) in [5, 5.41) is 5.76. The molecule has 1 N–H and O–H groups in total. The molecule has 0 saturated heterocycles. The van der Waals surface area contributed by atoms with Gasteiger partial charge in [0.15, 0.2) is 0 Å². The minimum Gasteiger partial charge on any atom is -0.319 e. The van der Waals surface area contributed by atoms with Gasteiger partial charge in [0.25, 0.3) is 0 Å². The third kappa shape index (κ3) is 2.70. The monoisotopic (exact) mass is 242 g/mol. The predicted molar refractivity (Wildman–Crippen MR) is 78.1 cm³/mol. The highest BCUT2D eigenvalue weighted by Crippen LogP contribution is 2.29. The molecule has 0 bridgehead atoms. The van der Waals surface area contributed by atoms with E-state index in [0.717, 1.165) is 13.0 Å². The molecular weight excluding hydrogens is 220 g/mol. The van der Waals surface area contributed by atoms with Crippen LogP contribution in [0.3, 0.4) is 0 Å². The number of aromatic nitrogens is 1. The van der Waals surface area contributed by atoms with E-state index >= 15 is 0 Å². The van der Waals surface area contributed by atoms with E-state index in [-0.39, 0.29) is 5.41 Å². The summed E-state index contributed by atoms with van der Waals surface area (Å²) in [6.07, 6.45) is 5.02. The maximum Gasteiger partial charge on any atom is 0.0346 e. The smallest absolute Gasteiger partial charge is 0.0346 e. The summed E-state index contributed by atoms with van der Waals surface area (Å²) in [7, 11) is 1.99. The Kier molecular flexibility index (Phi) is 3.67. The Balaban J connectivity index is 2.47. The summed E-state index contributed by atoms with van der Waals surface area (Å²) in [4.78, 5) is 4.39. The number of hydrogen-bond acceptors (Lipinski definition) is 2. The molecule has 0 fully saturated rings. The van der Waals surface area contributed by atoms with Crippen LogP contribution < -0.4 is 5.32 Å². The maximum atomic E-state index is 4.39. The van der Waals surface area contributed by atoms with Crippen molar-refractivity contribution in [1.29, 1.82) is 0 Å². The molecule has 0 atom stereocenters. The molecule has 0 spiro atoms. The Morgan fingerprint density at radius 2 is 1.94 bits per heavy atom. The maximum absolute atomic E-state index is 4.39. The van der Waals surface area contributed by atoms with Gasteiger partial charge in [-0.2, -0.15) is 0 Å². The zero-order chi connectivity index (χ0) is 13.2. The number of benzene rings is 1. The van der Waals surface area contributed by atoms with Crippen molar-refractivity contribution in [3.63, 3.8) is 0 Å². The lowest BCUT2D eigenvalue weighted by molar-refractivity contribution is 0.593. The van der Waals surface area contributed by atoms with Crippen LogP contribution in [0, 0.1) is 0 Å². The highest BCUT2D eigenvalue weighted by Gasteiger charge is 2.16. The summed E-state index contributed by atoms with van der Waals surface area (Å²) >= 11 is 0. The van der Waals surface area contributed by atoms with E-state index in [2.05, 4.69) is 49.3 Å². The fourth-order valence-corrected chi connectivity index (χ4v) is 2.25. The van der Waals surface area contributed by atoms with Crippen molar-refractivity contribution < 1.29 is 0 Å². The molecule has 0 radical (unpaired) electrons. The lowest BCUT2D eigenvalue weighted by atomic mass is 9.85. The lowest BCUT2D eigenvalue weighted by Gasteiger charge is -2.20. The molecular formula is C16H22N2. The second-order valence-electron chi connectivity index (χ2n) is 5.85. The van der Waals surface area contributed by atoms with Crippen LogP contribution in [0.4, 0.5) is 0 Å². The number of likely N-dealkylation sites (N-methyl/N-ethyl adjacent to an activating group) is 1. The van der Waals surface area contributed by atoms with E-state index < -0.39 is 0 Å². The van der Waals surface area contributed by atoms with Crippen molar-refractivity contribution in [2.75, 3.05) is 13.6 Å². The molecule has 18 heavy (non-hydrogen) atoms. The minimum absolute atomic E-state index is 0.138. The fraction of sp³-hybridized carbons (Fsp3) is 0.438. The first-order valence-corrected chi connectivity index (χ1v) is 6.54. The van der Waals surface area contributed by atoms with Crippen LogP contribution in [0.15, 0.2) is 30.6 Å². The summed E-state index contributed by atoms with van der Waals surface area (Å²) in [5.41, 5.74) is 2.82. The van der Waals surface area contributed by atoms with Crippen LogP contribution in [-0.4, -0.2) is 18.6 Å². The standard InChI is InChI=1S/C16H22N2/c1-16(2,3)15-11-18-10-13-9-12(7-8-17-4)5-6-14(13)15/h5-6,9-11,17H,7-8H2,1-4H3. The van der Waals surface area contributed by atoms with Gasteiger partial charge >= 0.3 is 0 Å². The van der Waals surface area contributed by atoms with Crippen molar-refractivity contribution in [2.45, 2.75) is 32.6 Å². The highest BCUT2D eigenvalue weighted by molar-refractivity contribution is 5.86. The first-order chi connectivity index (χ1) is 8.52. The Morgan fingerprint density at radius 1 is 1.17 bits per heavy atom. The first kappa shape index (κ1) is 13.0. The Labute approximate surface area is 109 Å². The van der Waals surface area contributed by atoms with E-state index in [9.17, 15) is 0 Å². The van der Waals surface area contributed by atoms with Crippen molar-refractivity contribution >= 4 is 10.8 Å². The van der Waals surface area contributed by atoms with Gasteiger partial charge in [-0.25, -0.2) is 0 Å². The van der Waals surface area contributed by atoms with Crippen LogP contribution in [0.5, 0.6) is 0 Å². The minimum atomic E-state index is 0.138. The average molecular weight is 242 g/mol. The average Bonchev–Trinajstić information content (AvgIpc) is 2.34. The number of nitrogens with zero attached hydrogens (tertiary/aromatic N) is 1. The summed E-state index contributed by atoms with van der Waals surface area (Å²) in [6.45, 7) is 7.72. The SMILES string of the molecule is CNCCc1ccc2c(C(C)(C)C)cncc2c1. The molecule has 0 aliphatic rings. The number of rotatable bonds is 3. The number of hydrogen-bond donors (Lipinski definition) is 1. The third-order valence-electron chi connectivity index (χ3n) is 3.30. The Bertz CT molecular complexity index is 538. The zero-order valence-electron chi connectivity index (χ0n) is 11.7. The quantitative estimate of drug-likeness (QED) is 0.893. The van der Waals surface area contributed by atoms with E-state index in [1.54, 1.807) is 0 Å². The largest absolute Gasteiger partial charge is 0.319 e. The number of nitrogens with one attached hydrogen (secondary N) is 1. The van der Waals surface area contributed by atoms with E-state index in [1.807, 2.05) is 19.4 Å². The van der Waals surface area contributed by atoms with Gasteiger partial charge < -0.3 is 5.32 Å². The highest BCUT2D eigenvalue weighted by atomic mass is 14.8. The first-order valence-electron chi connectivity index (χ1n) is 6.54. The van der Waals surface area contributed by atoms with E-state index in [4.69, 9.17) is 0 Å². The Hall–Kier alpha value is -1.41.